The molecule has 20 heavy (non-hydrogen) atoms. The van der Waals surface area contributed by atoms with Crippen LogP contribution in [0.5, 0.6) is 17.2 Å². The molecule has 0 spiro atoms. The zero-order valence-corrected chi connectivity index (χ0v) is 12.7. The number of ether oxygens (including phenoxy) is 3. The van der Waals surface area contributed by atoms with E-state index in [1.165, 1.54) is 0 Å². The van der Waals surface area contributed by atoms with Crippen LogP contribution in [0.4, 0.5) is 0 Å². The van der Waals surface area contributed by atoms with Crippen molar-refractivity contribution < 1.29 is 14.2 Å². The van der Waals surface area contributed by atoms with Crippen LogP contribution in [0.3, 0.4) is 0 Å². The molecule has 0 radical (unpaired) electrons. The van der Waals surface area contributed by atoms with Crippen LogP contribution >= 0.6 is 0 Å². The van der Waals surface area contributed by atoms with E-state index in [1.807, 2.05) is 6.07 Å². The van der Waals surface area contributed by atoms with Gasteiger partial charge in [0.25, 0.3) is 0 Å². The lowest BCUT2D eigenvalue weighted by atomic mass is 10.0. The van der Waals surface area contributed by atoms with Crippen LogP contribution in [0.25, 0.3) is 0 Å². The number of methoxy groups -OCH3 is 3. The van der Waals surface area contributed by atoms with E-state index in [2.05, 4.69) is 23.2 Å². The summed E-state index contributed by atoms with van der Waals surface area (Å²) in [6.07, 6.45) is 0. The van der Waals surface area contributed by atoms with Crippen molar-refractivity contribution in [2.24, 2.45) is 0 Å². The van der Waals surface area contributed by atoms with E-state index in [1.54, 1.807) is 21.3 Å². The predicted octanol–water partition coefficient (Wildman–Crippen LogP) is 1.68. The molecular formula is C15H24N2O3. The zero-order valence-electron chi connectivity index (χ0n) is 12.7. The number of rotatable bonds is 5. The van der Waals surface area contributed by atoms with Gasteiger partial charge in [-0.3, -0.25) is 4.90 Å². The number of nitrogens with zero attached hydrogens (tertiary/aromatic N) is 1. The summed E-state index contributed by atoms with van der Waals surface area (Å²) < 4.78 is 16.4. The Kier molecular flexibility index (Phi) is 5.09. The summed E-state index contributed by atoms with van der Waals surface area (Å²) in [7, 11) is 4.95. The molecule has 1 aliphatic rings. The van der Waals surface area contributed by atoms with E-state index < -0.39 is 0 Å². The standard InChI is InChI=1S/C15H24N2O3/c1-11(17-9-7-16-8-10-17)12-5-6-13(18-2)15(20-4)14(12)19-3/h5-6,11,16H,7-10H2,1-4H3/t11-/m1/s1. The second-order valence-electron chi connectivity index (χ2n) is 4.89. The Balaban J connectivity index is 2.34. The van der Waals surface area contributed by atoms with Gasteiger partial charge < -0.3 is 19.5 Å². The van der Waals surface area contributed by atoms with Crippen LogP contribution in [0.2, 0.25) is 0 Å². The summed E-state index contributed by atoms with van der Waals surface area (Å²) in [6.45, 7) is 6.34. The predicted molar refractivity (Wildman–Crippen MR) is 79.0 cm³/mol. The molecule has 1 N–H and O–H groups in total. The molecule has 1 aromatic rings. The minimum atomic E-state index is 0.284. The second-order valence-corrected chi connectivity index (χ2v) is 4.89. The molecule has 0 aromatic heterocycles. The van der Waals surface area contributed by atoms with Gasteiger partial charge in [-0.1, -0.05) is 0 Å². The Morgan fingerprint density at radius 2 is 1.65 bits per heavy atom. The van der Waals surface area contributed by atoms with E-state index in [0.717, 1.165) is 37.5 Å². The average Bonchev–Trinajstić information content (AvgIpc) is 2.53. The van der Waals surface area contributed by atoms with Gasteiger partial charge in [0.15, 0.2) is 11.5 Å². The fourth-order valence-electron chi connectivity index (χ4n) is 2.72. The van der Waals surface area contributed by atoms with Crippen molar-refractivity contribution in [1.29, 1.82) is 0 Å². The molecule has 1 fully saturated rings. The lowest BCUT2D eigenvalue weighted by Gasteiger charge is -2.34. The lowest BCUT2D eigenvalue weighted by molar-refractivity contribution is 0.181. The summed E-state index contributed by atoms with van der Waals surface area (Å²) in [5.41, 5.74) is 1.13. The summed E-state index contributed by atoms with van der Waals surface area (Å²) >= 11 is 0. The van der Waals surface area contributed by atoms with Gasteiger partial charge in [-0.25, -0.2) is 0 Å². The first-order valence-corrected chi connectivity index (χ1v) is 6.96. The van der Waals surface area contributed by atoms with Crippen molar-refractivity contribution >= 4 is 0 Å². The molecule has 5 nitrogen and oxygen atoms in total. The van der Waals surface area contributed by atoms with E-state index in [9.17, 15) is 0 Å². The highest BCUT2D eigenvalue weighted by Crippen LogP contribution is 2.43. The van der Waals surface area contributed by atoms with E-state index in [-0.39, 0.29) is 6.04 Å². The first-order chi connectivity index (χ1) is 9.72. The van der Waals surface area contributed by atoms with Gasteiger partial charge in [0.2, 0.25) is 5.75 Å². The van der Waals surface area contributed by atoms with Crippen molar-refractivity contribution in [2.45, 2.75) is 13.0 Å². The normalized spacial score (nSPS) is 17.6. The van der Waals surface area contributed by atoms with Crippen LogP contribution in [0, 0.1) is 0 Å². The quantitative estimate of drug-likeness (QED) is 0.889. The molecule has 1 saturated heterocycles. The van der Waals surface area contributed by atoms with E-state index in [0.29, 0.717) is 11.5 Å². The Hall–Kier alpha value is -1.46. The molecule has 1 aromatic carbocycles. The first kappa shape index (κ1) is 14.9. The molecule has 112 valence electrons. The number of nitrogens with one attached hydrogen (secondary N) is 1. The highest BCUT2D eigenvalue weighted by atomic mass is 16.5. The molecule has 1 atom stereocenters. The molecule has 0 aliphatic carbocycles. The van der Waals surface area contributed by atoms with Gasteiger partial charge in [-0.05, 0) is 19.1 Å². The summed E-state index contributed by atoms with van der Waals surface area (Å²) in [5.74, 6) is 2.12. The largest absolute Gasteiger partial charge is 0.493 e. The summed E-state index contributed by atoms with van der Waals surface area (Å²) in [6, 6.07) is 4.29. The molecule has 0 bridgehead atoms. The fourth-order valence-corrected chi connectivity index (χ4v) is 2.72. The third-order valence-electron chi connectivity index (χ3n) is 3.88. The van der Waals surface area contributed by atoms with Gasteiger partial charge >= 0.3 is 0 Å². The van der Waals surface area contributed by atoms with Crippen molar-refractivity contribution in [3.8, 4) is 17.2 Å². The van der Waals surface area contributed by atoms with Crippen molar-refractivity contribution in [3.05, 3.63) is 17.7 Å². The monoisotopic (exact) mass is 280 g/mol. The highest BCUT2D eigenvalue weighted by molar-refractivity contribution is 5.56. The van der Waals surface area contributed by atoms with Crippen molar-refractivity contribution in [3.63, 3.8) is 0 Å². The number of hydrogen-bond donors (Lipinski definition) is 1. The Morgan fingerprint density at radius 1 is 1.00 bits per heavy atom. The van der Waals surface area contributed by atoms with Crippen molar-refractivity contribution in [2.75, 3.05) is 47.5 Å². The maximum Gasteiger partial charge on any atom is 0.203 e. The molecular weight excluding hydrogens is 256 g/mol. The third kappa shape index (κ3) is 2.83. The van der Waals surface area contributed by atoms with Crippen molar-refractivity contribution in [1.82, 2.24) is 10.2 Å². The Bertz CT molecular complexity index is 445. The molecule has 1 aliphatic heterocycles. The van der Waals surface area contributed by atoms with E-state index >= 15 is 0 Å². The molecule has 1 heterocycles. The molecule has 2 rings (SSSR count). The smallest absolute Gasteiger partial charge is 0.203 e. The topological polar surface area (TPSA) is 43.0 Å². The molecule has 0 amide bonds. The third-order valence-corrected chi connectivity index (χ3v) is 3.88. The Morgan fingerprint density at radius 3 is 2.20 bits per heavy atom. The molecule has 0 unspecified atom stereocenters. The van der Waals surface area contributed by atoms with Crippen LogP contribution < -0.4 is 19.5 Å². The summed E-state index contributed by atoms with van der Waals surface area (Å²) in [4.78, 5) is 2.44. The fraction of sp³-hybridized carbons (Fsp3) is 0.600. The minimum absolute atomic E-state index is 0.284. The van der Waals surface area contributed by atoms with Gasteiger partial charge in [-0.2, -0.15) is 0 Å². The minimum Gasteiger partial charge on any atom is -0.493 e. The summed E-state index contributed by atoms with van der Waals surface area (Å²) in [5, 5.41) is 3.37. The van der Waals surface area contributed by atoms with Gasteiger partial charge in [0, 0.05) is 37.8 Å². The van der Waals surface area contributed by atoms with Crippen LogP contribution in [0.1, 0.15) is 18.5 Å². The zero-order chi connectivity index (χ0) is 14.5. The van der Waals surface area contributed by atoms with Gasteiger partial charge in [-0.15, -0.1) is 0 Å². The van der Waals surface area contributed by atoms with Gasteiger partial charge in [0.05, 0.1) is 21.3 Å². The van der Waals surface area contributed by atoms with Gasteiger partial charge in [0.1, 0.15) is 0 Å². The number of hydrogen-bond acceptors (Lipinski definition) is 5. The van der Waals surface area contributed by atoms with E-state index in [4.69, 9.17) is 14.2 Å². The highest BCUT2D eigenvalue weighted by Gasteiger charge is 2.24. The molecule has 0 saturated carbocycles. The maximum absolute atomic E-state index is 5.57. The lowest BCUT2D eigenvalue weighted by Crippen LogP contribution is -2.44. The first-order valence-electron chi connectivity index (χ1n) is 6.96. The molecule has 5 heteroatoms. The second kappa shape index (κ2) is 6.81. The maximum atomic E-state index is 5.57. The van der Waals surface area contributed by atoms with Crippen LogP contribution in [-0.4, -0.2) is 52.4 Å². The van der Waals surface area contributed by atoms with Crippen LogP contribution in [0.15, 0.2) is 12.1 Å². The Labute approximate surface area is 120 Å². The van der Waals surface area contributed by atoms with Crippen LogP contribution in [-0.2, 0) is 0 Å². The average molecular weight is 280 g/mol. The SMILES string of the molecule is COc1ccc([C@@H](C)N2CCNCC2)c(OC)c1OC. The number of benzene rings is 1. The number of piperazine rings is 1.